The summed E-state index contributed by atoms with van der Waals surface area (Å²) in [7, 11) is 0. The van der Waals surface area contributed by atoms with Crippen LogP contribution in [0.25, 0.3) is 0 Å². The van der Waals surface area contributed by atoms with Gasteiger partial charge in [-0.1, -0.05) is 48.0 Å². The number of amides is 2. The van der Waals surface area contributed by atoms with Crippen molar-refractivity contribution in [1.29, 1.82) is 0 Å². The fraction of sp³-hybridized carbons (Fsp3) is 0.440. The molecule has 0 spiro atoms. The van der Waals surface area contributed by atoms with Gasteiger partial charge in [-0.25, -0.2) is 0 Å². The number of anilines is 1. The van der Waals surface area contributed by atoms with Crippen LogP contribution in [0.1, 0.15) is 17.2 Å². The second-order valence-electron chi connectivity index (χ2n) is 8.57. The van der Waals surface area contributed by atoms with E-state index in [4.69, 9.17) is 16.3 Å². The first-order chi connectivity index (χ1) is 16.0. The number of hydrogen-bond acceptors (Lipinski definition) is 5. The Hall–Kier alpha value is -2.45. The number of nitrogens with one attached hydrogen (secondary N) is 1. The molecule has 7 nitrogen and oxygen atoms in total. The quantitative estimate of drug-likeness (QED) is 0.703. The largest absolute Gasteiger partial charge is 0.378 e. The monoisotopic (exact) mass is 470 g/mol. The zero-order chi connectivity index (χ0) is 23.2. The van der Waals surface area contributed by atoms with Crippen LogP contribution in [-0.4, -0.2) is 85.5 Å². The highest BCUT2D eigenvalue weighted by Gasteiger charge is 2.31. The third-order valence-electron chi connectivity index (χ3n) is 6.30. The minimum Gasteiger partial charge on any atom is -0.378 e. The second kappa shape index (κ2) is 11.1. The molecule has 1 N–H and O–H groups in total. The van der Waals surface area contributed by atoms with Gasteiger partial charge in [0.25, 0.3) is 0 Å². The molecular formula is C25H31ClN4O3. The molecule has 2 aromatic carbocycles. The van der Waals surface area contributed by atoms with Gasteiger partial charge in [0, 0.05) is 50.0 Å². The van der Waals surface area contributed by atoms with Crippen molar-refractivity contribution in [1.82, 2.24) is 14.7 Å². The van der Waals surface area contributed by atoms with Gasteiger partial charge < -0.3 is 15.0 Å². The van der Waals surface area contributed by atoms with E-state index in [9.17, 15) is 9.59 Å². The van der Waals surface area contributed by atoms with E-state index in [0.29, 0.717) is 56.6 Å². The maximum absolute atomic E-state index is 13.4. The van der Waals surface area contributed by atoms with Gasteiger partial charge in [0.2, 0.25) is 11.8 Å². The number of carbonyl (C=O) groups excluding carboxylic acids is 2. The van der Waals surface area contributed by atoms with Gasteiger partial charge in [0.15, 0.2) is 0 Å². The zero-order valence-electron chi connectivity index (χ0n) is 19.0. The summed E-state index contributed by atoms with van der Waals surface area (Å²) in [5, 5.41) is 3.67. The molecule has 0 unspecified atom stereocenters. The van der Waals surface area contributed by atoms with Gasteiger partial charge in [-0.2, -0.15) is 0 Å². The van der Waals surface area contributed by atoms with Gasteiger partial charge in [-0.15, -0.1) is 0 Å². The van der Waals surface area contributed by atoms with E-state index in [1.807, 2.05) is 54.3 Å². The van der Waals surface area contributed by atoms with Crippen molar-refractivity contribution in [3.05, 3.63) is 64.7 Å². The van der Waals surface area contributed by atoms with Crippen LogP contribution < -0.4 is 5.32 Å². The van der Waals surface area contributed by atoms with E-state index in [0.717, 1.165) is 24.2 Å². The molecule has 0 aliphatic carbocycles. The van der Waals surface area contributed by atoms with Crippen molar-refractivity contribution >= 4 is 29.1 Å². The van der Waals surface area contributed by atoms with Gasteiger partial charge in [-0.05, 0) is 30.2 Å². The summed E-state index contributed by atoms with van der Waals surface area (Å²) in [6.07, 6.45) is 0. The first kappa shape index (κ1) is 23.7. The molecule has 2 fully saturated rings. The second-order valence-corrected chi connectivity index (χ2v) is 8.98. The van der Waals surface area contributed by atoms with Crippen LogP contribution in [0.2, 0.25) is 5.02 Å². The average molecular weight is 471 g/mol. The molecule has 2 aliphatic rings. The van der Waals surface area contributed by atoms with Crippen LogP contribution in [0, 0.1) is 6.92 Å². The highest BCUT2D eigenvalue weighted by atomic mass is 35.5. The number of rotatable bonds is 6. The van der Waals surface area contributed by atoms with Crippen molar-refractivity contribution in [2.75, 3.05) is 64.3 Å². The predicted octanol–water partition coefficient (Wildman–Crippen LogP) is 2.80. The van der Waals surface area contributed by atoms with Crippen LogP contribution in [-0.2, 0) is 14.3 Å². The fourth-order valence-corrected chi connectivity index (χ4v) is 4.51. The Morgan fingerprint density at radius 1 is 1.00 bits per heavy atom. The van der Waals surface area contributed by atoms with E-state index in [1.165, 1.54) is 0 Å². The van der Waals surface area contributed by atoms with E-state index >= 15 is 0 Å². The van der Waals surface area contributed by atoms with Crippen molar-refractivity contribution in [2.24, 2.45) is 0 Å². The van der Waals surface area contributed by atoms with Crippen LogP contribution in [0.15, 0.2) is 48.5 Å². The van der Waals surface area contributed by atoms with Crippen molar-refractivity contribution in [3.8, 4) is 0 Å². The molecule has 2 saturated heterocycles. The Bertz CT molecular complexity index is 957. The molecule has 0 aromatic heterocycles. The maximum Gasteiger partial charge on any atom is 0.246 e. The van der Waals surface area contributed by atoms with E-state index in [2.05, 4.69) is 15.1 Å². The lowest BCUT2D eigenvalue weighted by Gasteiger charge is -2.39. The lowest BCUT2D eigenvalue weighted by atomic mass is 10.0. The van der Waals surface area contributed by atoms with E-state index < -0.39 is 6.04 Å². The van der Waals surface area contributed by atoms with Gasteiger partial charge in [0.1, 0.15) is 6.04 Å². The molecule has 8 heteroatoms. The molecule has 2 heterocycles. The number of ether oxygens (including phenoxy) is 1. The number of hydrogen-bond donors (Lipinski definition) is 1. The Kier molecular flexibility index (Phi) is 7.98. The summed E-state index contributed by atoms with van der Waals surface area (Å²) < 4.78 is 5.34. The summed E-state index contributed by atoms with van der Waals surface area (Å²) in [5.74, 6) is 0.0688. The van der Waals surface area contributed by atoms with Crippen molar-refractivity contribution in [2.45, 2.75) is 13.0 Å². The minimum atomic E-state index is -0.414. The Morgan fingerprint density at radius 2 is 1.70 bits per heavy atom. The van der Waals surface area contributed by atoms with Crippen LogP contribution in [0.3, 0.4) is 0 Å². The minimum absolute atomic E-state index is 0.0843. The smallest absolute Gasteiger partial charge is 0.246 e. The van der Waals surface area contributed by atoms with Crippen molar-refractivity contribution in [3.63, 3.8) is 0 Å². The van der Waals surface area contributed by atoms with Gasteiger partial charge in [-0.3, -0.25) is 19.4 Å². The number of carbonyl (C=O) groups is 2. The van der Waals surface area contributed by atoms with Crippen molar-refractivity contribution < 1.29 is 14.3 Å². The Balaban J connectivity index is 1.41. The predicted molar refractivity (Wildman–Crippen MR) is 129 cm³/mol. The highest BCUT2D eigenvalue weighted by molar-refractivity contribution is 6.31. The standard InChI is InChI=1S/C25H31ClN4O3/c1-19-7-8-21(17-22(19)26)27-25(32)24(20-5-3-2-4-6-20)30-11-9-28(10-12-30)18-23(31)29-13-15-33-16-14-29/h2-8,17,24H,9-16,18H2,1H3,(H,27,32)/t24-/m1/s1. The van der Waals surface area contributed by atoms with Gasteiger partial charge in [0.05, 0.1) is 19.8 Å². The molecule has 2 aliphatic heterocycles. The summed E-state index contributed by atoms with van der Waals surface area (Å²) in [6.45, 7) is 7.79. The maximum atomic E-state index is 13.4. The summed E-state index contributed by atoms with van der Waals surface area (Å²) in [4.78, 5) is 32.2. The average Bonchev–Trinajstić information content (AvgIpc) is 2.84. The summed E-state index contributed by atoms with van der Waals surface area (Å²) in [5.41, 5.74) is 2.61. The molecule has 0 saturated carbocycles. The van der Waals surface area contributed by atoms with E-state index in [1.54, 1.807) is 6.07 Å². The molecule has 33 heavy (non-hydrogen) atoms. The SMILES string of the molecule is Cc1ccc(NC(=O)[C@@H](c2ccccc2)N2CCN(CC(=O)N3CCOCC3)CC2)cc1Cl. The molecule has 0 radical (unpaired) electrons. The first-order valence-corrected chi connectivity index (χ1v) is 11.8. The number of halogens is 1. The zero-order valence-corrected chi connectivity index (χ0v) is 19.8. The summed E-state index contributed by atoms with van der Waals surface area (Å²) >= 11 is 6.25. The van der Waals surface area contributed by atoms with Gasteiger partial charge >= 0.3 is 0 Å². The Morgan fingerprint density at radius 3 is 2.36 bits per heavy atom. The van der Waals surface area contributed by atoms with Crippen LogP contribution >= 0.6 is 11.6 Å². The molecule has 1 atom stereocenters. The normalized spacial score (nSPS) is 18.7. The van der Waals surface area contributed by atoms with E-state index in [-0.39, 0.29) is 11.8 Å². The topological polar surface area (TPSA) is 65.1 Å². The molecule has 4 rings (SSSR count). The third kappa shape index (κ3) is 6.12. The first-order valence-electron chi connectivity index (χ1n) is 11.4. The lowest BCUT2D eigenvalue weighted by Crippen LogP contribution is -2.53. The molecule has 0 bridgehead atoms. The number of piperazine rings is 1. The molecule has 176 valence electrons. The number of morpholine rings is 1. The number of benzene rings is 2. The molecule has 2 amide bonds. The number of aryl methyl sites for hydroxylation is 1. The summed E-state index contributed by atoms with van der Waals surface area (Å²) in [6, 6.07) is 15.0. The fourth-order valence-electron chi connectivity index (χ4n) is 4.33. The highest BCUT2D eigenvalue weighted by Crippen LogP contribution is 2.26. The Labute approximate surface area is 200 Å². The molecular weight excluding hydrogens is 440 g/mol. The van der Waals surface area contributed by atoms with Crippen LogP contribution in [0.4, 0.5) is 5.69 Å². The molecule has 2 aromatic rings. The third-order valence-corrected chi connectivity index (χ3v) is 6.70. The number of nitrogens with zero attached hydrogens (tertiary/aromatic N) is 3. The lowest BCUT2D eigenvalue weighted by molar-refractivity contribution is -0.137. The van der Waals surface area contributed by atoms with Crippen LogP contribution in [0.5, 0.6) is 0 Å².